The van der Waals surface area contributed by atoms with Crippen molar-refractivity contribution in [2.24, 2.45) is 0 Å². The normalized spacial score (nSPS) is 10.7. The number of aromatic nitrogens is 3. The van der Waals surface area contributed by atoms with E-state index in [1.165, 1.54) is 5.56 Å². The molecule has 0 bridgehead atoms. The number of thiazole rings is 1. The Labute approximate surface area is 112 Å². The lowest BCUT2D eigenvalue weighted by atomic mass is 10.1. The zero-order chi connectivity index (χ0) is 13.1. The Kier molecular flexibility index (Phi) is 3.91. The highest BCUT2D eigenvalue weighted by molar-refractivity contribution is 7.13. The summed E-state index contributed by atoms with van der Waals surface area (Å²) in [6.07, 6.45) is 0.936. The van der Waals surface area contributed by atoms with Gasteiger partial charge in [-0.3, -0.25) is 0 Å². The van der Waals surface area contributed by atoms with Crippen LogP contribution in [0.3, 0.4) is 0 Å². The highest BCUT2D eigenvalue weighted by Gasteiger charge is 2.13. The molecule has 0 spiro atoms. The average Bonchev–Trinajstić information content (AvgIpc) is 2.76. The van der Waals surface area contributed by atoms with E-state index in [-0.39, 0.29) is 0 Å². The Morgan fingerprint density at radius 2 is 1.94 bits per heavy atom. The fourth-order valence-corrected chi connectivity index (χ4v) is 2.61. The lowest BCUT2D eigenvalue weighted by molar-refractivity contribution is 0.986. The number of aryl methyl sites for hydroxylation is 2. The molecule has 0 unspecified atom stereocenters. The Hall–Kier alpha value is -1.49. The van der Waals surface area contributed by atoms with E-state index >= 15 is 0 Å². The van der Waals surface area contributed by atoms with E-state index in [1.807, 2.05) is 19.2 Å². The third-order valence-corrected chi connectivity index (χ3v) is 3.68. The molecule has 2 heterocycles. The third-order valence-electron chi connectivity index (χ3n) is 2.72. The average molecular weight is 262 g/mol. The SMILES string of the molecule is CCNc1nc(-c2nc(C)cs2)nc(C)c1CC. The van der Waals surface area contributed by atoms with Crippen molar-refractivity contribution >= 4 is 17.2 Å². The molecule has 2 rings (SSSR count). The first-order valence-electron chi connectivity index (χ1n) is 6.19. The van der Waals surface area contributed by atoms with Gasteiger partial charge < -0.3 is 5.32 Å². The summed E-state index contributed by atoms with van der Waals surface area (Å²) >= 11 is 1.59. The number of rotatable bonds is 4. The maximum atomic E-state index is 4.60. The summed E-state index contributed by atoms with van der Waals surface area (Å²) in [4.78, 5) is 13.6. The van der Waals surface area contributed by atoms with Gasteiger partial charge in [0.25, 0.3) is 0 Å². The molecule has 0 amide bonds. The molecule has 0 aromatic carbocycles. The number of nitrogens with one attached hydrogen (secondary N) is 1. The molecule has 0 saturated heterocycles. The van der Waals surface area contributed by atoms with E-state index in [2.05, 4.69) is 34.1 Å². The Bertz CT molecular complexity index is 548. The van der Waals surface area contributed by atoms with Crippen molar-refractivity contribution in [1.82, 2.24) is 15.0 Å². The molecule has 2 aromatic heterocycles. The fraction of sp³-hybridized carbons (Fsp3) is 0.462. The quantitative estimate of drug-likeness (QED) is 0.919. The van der Waals surface area contributed by atoms with Gasteiger partial charge in [0, 0.05) is 28.9 Å². The van der Waals surface area contributed by atoms with E-state index in [0.29, 0.717) is 0 Å². The van der Waals surface area contributed by atoms with Crippen LogP contribution in [0.15, 0.2) is 5.38 Å². The molecule has 4 nitrogen and oxygen atoms in total. The second-order valence-corrected chi connectivity index (χ2v) is 5.00. The molecule has 0 radical (unpaired) electrons. The maximum Gasteiger partial charge on any atom is 0.190 e. The molecule has 0 atom stereocenters. The van der Waals surface area contributed by atoms with Crippen LogP contribution in [-0.4, -0.2) is 21.5 Å². The van der Waals surface area contributed by atoms with Gasteiger partial charge >= 0.3 is 0 Å². The van der Waals surface area contributed by atoms with Gasteiger partial charge in [0.15, 0.2) is 10.8 Å². The van der Waals surface area contributed by atoms with Crippen LogP contribution in [0.25, 0.3) is 10.8 Å². The molecule has 0 aliphatic carbocycles. The van der Waals surface area contributed by atoms with Gasteiger partial charge in [-0.2, -0.15) is 0 Å². The van der Waals surface area contributed by atoms with E-state index < -0.39 is 0 Å². The minimum Gasteiger partial charge on any atom is -0.370 e. The molecular weight excluding hydrogens is 244 g/mol. The molecule has 0 aliphatic heterocycles. The molecule has 0 fully saturated rings. The molecule has 0 saturated carbocycles. The van der Waals surface area contributed by atoms with Crippen molar-refractivity contribution in [2.45, 2.75) is 34.1 Å². The van der Waals surface area contributed by atoms with Crippen LogP contribution in [0.5, 0.6) is 0 Å². The molecule has 5 heteroatoms. The minimum absolute atomic E-state index is 0.721. The lowest BCUT2D eigenvalue weighted by Gasteiger charge is -2.11. The van der Waals surface area contributed by atoms with E-state index in [1.54, 1.807) is 11.3 Å². The fourth-order valence-electron chi connectivity index (χ4n) is 1.89. The molecule has 0 aliphatic rings. The first-order chi connectivity index (χ1) is 8.65. The van der Waals surface area contributed by atoms with Crippen molar-refractivity contribution in [2.75, 3.05) is 11.9 Å². The van der Waals surface area contributed by atoms with Crippen molar-refractivity contribution < 1.29 is 0 Å². The van der Waals surface area contributed by atoms with Gasteiger partial charge in [0.1, 0.15) is 5.82 Å². The van der Waals surface area contributed by atoms with Crippen LogP contribution < -0.4 is 5.32 Å². The number of nitrogens with zero attached hydrogens (tertiary/aromatic N) is 3. The Morgan fingerprint density at radius 3 is 2.50 bits per heavy atom. The van der Waals surface area contributed by atoms with Crippen LogP contribution in [0.1, 0.15) is 30.8 Å². The molecule has 96 valence electrons. The molecule has 2 aromatic rings. The highest BCUT2D eigenvalue weighted by atomic mass is 32.1. The topological polar surface area (TPSA) is 50.7 Å². The summed E-state index contributed by atoms with van der Waals surface area (Å²) in [5.74, 6) is 1.66. The van der Waals surface area contributed by atoms with Gasteiger partial charge in [-0.1, -0.05) is 6.92 Å². The summed E-state index contributed by atoms with van der Waals surface area (Å²) in [6.45, 7) is 9.08. The zero-order valence-electron chi connectivity index (χ0n) is 11.2. The third kappa shape index (κ3) is 2.51. The first-order valence-corrected chi connectivity index (χ1v) is 7.07. The smallest absolute Gasteiger partial charge is 0.190 e. The van der Waals surface area contributed by atoms with Crippen LogP contribution >= 0.6 is 11.3 Å². The monoisotopic (exact) mass is 262 g/mol. The molecule has 1 N–H and O–H groups in total. The minimum atomic E-state index is 0.721. The number of anilines is 1. The van der Waals surface area contributed by atoms with Crippen molar-refractivity contribution in [1.29, 1.82) is 0 Å². The van der Waals surface area contributed by atoms with Crippen molar-refractivity contribution in [3.63, 3.8) is 0 Å². The number of hydrogen-bond donors (Lipinski definition) is 1. The van der Waals surface area contributed by atoms with Gasteiger partial charge in [-0.05, 0) is 27.2 Å². The molecule has 18 heavy (non-hydrogen) atoms. The summed E-state index contributed by atoms with van der Waals surface area (Å²) in [6, 6.07) is 0. The lowest BCUT2D eigenvalue weighted by Crippen LogP contribution is -2.07. The highest BCUT2D eigenvalue weighted by Crippen LogP contribution is 2.25. The second-order valence-electron chi connectivity index (χ2n) is 4.14. The van der Waals surface area contributed by atoms with Gasteiger partial charge in [0.2, 0.25) is 0 Å². The van der Waals surface area contributed by atoms with Crippen LogP contribution in [0.4, 0.5) is 5.82 Å². The zero-order valence-corrected chi connectivity index (χ0v) is 12.1. The predicted octanol–water partition coefficient (Wildman–Crippen LogP) is 3.21. The molecular formula is C13H18N4S. The van der Waals surface area contributed by atoms with Gasteiger partial charge in [-0.15, -0.1) is 11.3 Å². The van der Waals surface area contributed by atoms with Crippen LogP contribution in [-0.2, 0) is 6.42 Å². The Balaban J connectivity index is 2.50. The summed E-state index contributed by atoms with van der Waals surface area (Å²) < 4.78 is 0. The Morgan fingerprint density at radius 1 is 1.17 bits per heavy atom. The van der Waals surface area contributed by atoms with Crippen molar-refractivity contribution in [3.05, 3.63) is 22.3 Å². The maximum absolute atomic E-state index is 4.60. The second kappa shape index (κ2) is 5.44. The predicted molar refractivity (Wildman–Crippen MR) is 76.2 cm³/mol. The van der Waals surface area contributed by atoms with E-state index in [0.717, 1.165) is 41.0 Å². The summed E-state index contributed by atoms with van der Waals surface area (Å²) in [5.41, 5.74) is 3.24. The van der Waals surface area contributed by atoms with Gasteiger partial charge in [0.05, 0.1) is 0 Å². The van der Waals surface area contributed by atoms with Gasteiger partial charge in [-0.25, -0.2) is 15.0 Å². The number of hydrogen-bond acceptors (Lipinski definition) is 5. The first kappa shape index (κ1) is 13.0. The largest absolute Gasteiger partial charge is 0.370 e. The van der Waals surface area contributed by atoms with Crippen molar-refractivity contribution in [3.8, 4) is 10.8 Å². The van der Waals surface area contributed by atoms with E-state index in [4.69, 9.17) is 0 Å². The van der Waals surface area contributed by atoms with Crippen LogP contribution in [0.2, 0.25) is 0 Å². The summed E-state index contributed by atoms with van der Waals surface area (Å²) in [7, 11) is 0. The van der Waals surface area contributed by atoms with E-state index in [9.17, 15) is 0 Å². The summed E-state index contributed by atoms with van der Waals surface area (Å²) in [5, 5.41) is 6.22. The van der Waals surface area contributed by atoms with Crippen LogP contribution in [0, 0.1) is 13.8 Å². The standard InChI is InChI=1S/C13H18N4S/c1-5-10-9(4)16-12(17-11(10)14-6-2)13-15-8(3)7-18-13/h7H,5-6H2,1-4H3,(H,14,16,17).